The molecule has 1 aromatic carbocycles. The van der Waals surface area contributed by atoms with E-state index >= 15 is 0 Å². The fraction of sp³-hybridized carbons (Fsp3) is 0.400. The minimum atomic E-state index is 0.431. The topological polar surface area (TPSA) is 39.1 Å². The maximum absolute atomic E-state index is 5.45. The van der Waals surface area contributed by atoms with Crippen LogP contribution < -0.4 is 5.32 Å². The van der Waals surface area contributed by atoms with Gasteiger partial charge in [0, 0.05) is 42.3 Å². The van der Waals surface area contributed by atoms with Crippen molar-refractivity contribution in [1.82, 2.24) is 9.55 Å². The molecule has 1 aliphatic heterocycles. The second-order valence-corrected chi connectivity index (χ2v) is 5.08. The minimum absolute atomic E-state index is 0.431. The Balaban J connectivity index is 1.72. The molecule has 2 heterocycles. The second kappa shape index (κ2) is 5.45. The summed E-state index contributed by atoms with van der Waals surface area (Å²) in [4.78, 5) is 4.08. The van der Waals surface area contributed by atoms with Crippen molar-refractivity contribution < 1.29 is 4.74 Å². The molecular formula is C15H19N3O. The van der Waals surface area contributed by atoms with Gasteiger partial charge in [0.2, 0.25) is 0 Å². The van der Waals surface area contributed by atoms with E-state index in [4.69, 9.17) is 4.74 Å². The summed E-state index contributed by atoms with van der Waals surface area (Å²) in [6, 6.07) is 8.83. The molecule has 0 radical (unpaired) electrons. The van der Waals surface area contributed by atoms with Crippen LogP contribution >= 0.6 is 0 Å². The van der Waals surface area contributed by atoms with E-state index in [-0.39, 0.29) is 0 Å². The zero-order valence-electron chi connectivity index (χ0n) is 11.1. The van der Waals surface area contributed by atoms with Crippen LogP contribution in [0.3, 0.4) is 0 Å². The number of hydrogen-bond donors (Lipinski definition) is 1. The highest BCUT2D eigenvalue weighted by Gasteiger charge is 2.22. The van der Waals surface area contributed by atoms with Crippen LogP contribution in [-0.4, -0.2) is 28.8 Å². The first-order chi connectivity index (χ1) is 9.33. The highest BCUT2D eigenvalue weighted by Crippen LogP contribution is 2.21. The molecule has 4 nitrogen and oxygen atoms in total. The van der Waals surface area contributed by atoms with E-state index in [1.807, 2.05) is 17.1 Å². The lowest BCUT2D eigenvalue weighted by molar-refractivity contribution is 0.183. The van der Waals surface area contributed by atoms with Crippen LogP contribution in [0.4, 0.5) is 5.69 Å². The SMILES string of the molecule is CC(Nc1cccc(-n2ccnc2)c1)C1CCOC1. The summed E-state index contributed by atoms with van der Waals surface area (Å²) >= 11 is 0. The lowest BCUT2D eigenvalue weighted by Gasteiger charge is -2.20. The van der Waals surface area contributed by atoms with E-state index < -0.39 is 0 Å². The average Bonchev–Trinajstić information content (AvgIpc) is 3.13. The zero-order chi connectivity index (χ0) is 13.1. The molecule has 100 valence electrons. The first kappa shape index (κ1) is 12.2. The average molecular weight is 257 g/mol. The Kier molecular flexibility index (Phi) is 3.51. The van der Waals surface area contributed by atoms with Crippen molar-refractivity contribution in [3.8, 4) is 5.69 Å². The standard InChI is InChI=1S/C15H19N3O/c1-12(13-5-8-19-10-13)17-14-3-2-4-15(9-14)18-7-6-16-11-18/h2-4,6-7,9,11-13,17H,5,8,10H2,1H3. The second-order valence-electron chi connectivity index (χ2n) is 5.08. The van der Waals surface area contributed by atoms with E-state index in [9.17, 15) is 0 Å². The summed E-state index contributed by atoms with van der Waals surface area (Å²) in [6.45, 7) is 3.99. The number of nitrogens with zero attached hydrogens (tertiary/aromatic N) is 2. The number of rotatable bonds is 4. The third-order valence-corrected chi connectivity index (χ3v) is 3.72. The quantitative estimate of drug-likeness (QED) is 0.915. The summed E-state index contributed by atoms with van der Waals surface area (Å²) < 4.78 is 7.45. The molecular weight excluding hydrogens is 238 g/mol. The fourth-order valence-electron chi connectivity index (χ4n) is 2.50. The Morgan fingerprint density at radius 2 is 2.42 bits per heavy atom. The number of aromatic nitrogens is 2. The van der Waals surface area contributed by atoms with E-state index in [0.29, 0.717) is 12.0 Å². The predicted octanol–water partition coefficient (Wildman–Crippen LogP) is 2.71. The van der Waals surface area contributed by atoms with Gasteiger partial charge in [0.05, 0.1) is 12.9 Å². The van der Waals surface area contributed by atoms with Gasteiger partial charge in [-0.25, -0.2) is 4.98 Å². The molecule has 2 aromatic rings. The molecule has 1 aliphatic rings. The molecule has 3 rings (SSSR count). The normalized spacial score (nSPS) is 20.4. The maximum atomic E-state index is 5.45. The number of ether oxygens (including phenoxy) is 1. The van der Waals surface area contributed by atoms with Crippen LogP contribution in [0.15, 0.2) is 43.0 Å². The number of nitrogens with one attached hydrogen (secondary N) is 1. The monoisotopic (exact) mass is 257 g/mol. The molecule has 0 aliphatic carbocycles. The molecule has 1 fully saturated rings. The zero-order valence-corrected chi connectivity index (χ0v) is 11.1. The minimum Gasteiger partial charge on any atom is -0.382 e. The Morgan fingerprint density at radius 3 is 3.16 bits per heavy atom. The van der Waals surface area contributed by atoms with Crippen molar-refractivity contribution in [3.05, 3.63) is 43.0 Å². The van der Waals surface area contributed by atoms with Crippen molar-refractivity contribution >= 4 is 5.69 Å². The van der Waals surface area contributed by atoms with Crippen LogP contribution in [-0.2, 0) is 4.74 Å². The van der Waals surface area contributed by atoms with Crippen molar-refractivity contribution in [1.29, 1.82) is 0 Å². The third-order valence-electron chi connectivity index (χ3n) is 3.72. The molecule has 0 amide bonds. The predicted molar refractivity (Wildman–Crippen MR) is 75.6 cm³/mol. The lowest BCUT2D eigenvalue weighted by Crippen LogP contribution is -2.26. The summed E-state index contributed by atoms with van der Waals surface area (Å²) in [7, 11) is 0. The van der Waals surface area contributed by atoms with Gasteiger partial charge >= 0.3 is 0 Å². The number of imidazole rings is 1. The molecule has 19 heavy (non-hydrogen) atoms. The van der Waals surface area contributed by atoms with E-state index in [1.54, 1.807) is 6.20 Å². The van der Waals surface area contributed by atoms with E-state index in [0.717, 1.165) is 31.0 Å². The first-order valence-electron chi connectivity index (χ1n) is 6.75. The van der Waals surface area contributed by atoms with Crippen LogP contribution in [0.5, 0.6) is 0 Å². The van der Waals surface area contributed by atoms with Gasteiger partial charge in [-0.1, -0.05) is 6.07 Å². The van der Waals surface area contributed by atoms with Crippen LogP contribution in [0.25, 0.3) is 5.69 Å². The first-order valence-corrected chi connectivity index (χ1v) is 6.75. The molecule has 0 spiro atoms. The molecule has 4 heteroatoms. The van der Waals surface area contributed by atoms with Crippen LogP contribution in [0.1, 0.15) is 13.3 Å². The number of benzene rings is 1. The lowest BCUT2D eigenvalue weighted by atomic mass is 10.0. The molecule has 1 N–H and O–H groups in total. The van der Waals surface area contributed by atoms with Crippen molar-refractivity contribution in [2.75, 3.05) is 18.5 Å². The van der Waals surface area contributed by atoms with Gasteiger partial charge in [-0.15, -0.1) is 0 Å². The summed E-state index contributed by atoms with van der Waals surface area (Å²) in [5.74, 6) is 0.608. The Labute approximate surface area is 113 Å². The van der Waals surface area contributed by atoms with Crippen molar-refractivity contribution in [2.24, 2.45) is 5.92 Å². The van der Waals surface area contributed by atoms with Gasteiger partial charge in [0.1, 0.15) is 0 Å². The maximum Gasteiger partial charge on any atom is 0.0991 e. The fourth-order valence-corrected chi connectivity index (χ4v) is 2.50. The summed E-state index contributed by atoms with van der Waals surface area (Å²) in [5.41, 5.74) is 2.27. The molecule has 1 aromatic heterocycles. The van der Waals surface area contributed by atoms with Crippen molar-refractivity contribution in [2.45, 2.75) is 19.4 Å². The Morgan fingerprint density at radius 1 is 1.47 bits per heavy atom. The highest BCUT2D eigenvalue weighted by atomic mass is 16.5. The Hall–Kier alpha value is -1.81. The number of hydrogen-bond acceptors (Lipinski definition) is 3. The summed E-state index contributed by atoms with van der Waals surface area (Å²) in [5, 5.41) is 3.57. The van der Waals surface area contributed by atoms with E-state index in [1.165, 1.54) is 0 Å². The third kappa shape index (κ3) is 2.79. The molecule has 2 unspecified atom stereocenters. The molecule has 1 saturated heterocycles. The van der Waals surface area contributed by atoms with Gasteiger partial charge in [-0.3, -0.25) is 0 Å². The van der Waals surface area contributed by atoms with Crippen molar-refractivity contribution in [3.63, 3.8) is 0 Å². The largest absolute Gasteiger partial charge is 0.382 e. The van der Waals surface area contributed by atoms with Gasteiger partial charge in [0.15, 0.2) is 0 Å². The molecule has 2 atom stereocenters. The van der Waals surface area contributed by atoms with Gasteiger partial charge < -0.3 is 14.6 Å². The Bertz CT molecular complexity index is 518. The molecule has 0 bridgehead atoms. The van der Waals surface area contributed by atoms with Gasteiger partial charge in [-0.05, 0) is 31.5 Å². The van der Waals surface area contributed by atoms with Gasteiger partial charge in [0.25, 0.3) is 0 Å². The summed E-state index contributed by atoms with van der Waals surface area (Å²) in [6.07, 6.45) is 6.70. The smallest absolute Gasteiger partial charge is 0.0991 e. The molecule has 0 saturated carbocycles. The van der Waals surface area contributed by atoms with Crippen LogP contribution in [0, 0.1) is 5.92 Å². The number of anilines is 1. The van der Waals surface area contributed by atoms with E-state index in [2.05, 4.69) is 41.5 Å². The highest BCUT2D eigenvalue weighted by molar-refractivity contribution is 5.51. The van der Waals surface area contributed by atoms with Gasteiger partial charge in [-0.2, -0.15) is 0 Å². The van der Waals surface area contributed by atoms with Crippen LogP contribution in [0.2, 0.25) is 0 Å².